The Balaban J connectivity index is 1.74. The van der Waals surface area contributed by atoms with Crippen LogP contribution in [0.15, 0.2) is 41.3 Å². The van der Waals surface area contributed by atoms with Gasteiger partial charge < -0.3 is 9.64 Å². The Hall–Kier alpha value is -2.16. The number of carbonyl (C=O) groups is 2. The Bertz CT molecular complexity index is 1090. The Morgan fingerprint density at radius 3 is 2.50 bits per heavy atom. The van der Waals surface area contributed by atoms with Gasteiger partial charge in [-0.3, -0.25) is 4.79 Å². The van der Waals surface area contributed by atoms with Crippen LogP contribution in [-0.4, -0.2) is 49.4 Å². The standard InChI is InChI=1S/C21H25ClN2O5S/c1-13(20(26)29-21(2,3)4)24-10-9-18(19(24)25)23-30(27,28)17-8-6-14-11-16(22)7-5-15(14)12-17/h5-8,11-13,18,23H,9-10H2,1-4H3/t13-,18-/m1/s1. The van der Waals surface area contributed by atoms with Crippen molar-refractivity contribution in [3.8, 4) is 0 Å². The van der Waals surface area contributed by atoms with Crippen LogP contribution in [0.5, 0.6) is 0 Å². The summed E-state index contributed by atoms with van der Waals surface area (Å²) in [5, 5.41) is 2.10. The van der Waals surface area contributed by atoms with Crippen molar-refractivity contribution in [2.45, 2.75) is 56.7 Å². The smallest absolute Gasteiger partial charge is 0.329 e. The van der Waals surface area contributed by atoms with Crippen molar-refractivity contribution in [2.75, 3.05) is 6.54 Å². The number of hydrogen-bond donors (Lipinski definition) is 1. The molecule has 2 atom stereocenters. The van der Waals surface area contributed by atoms with Crippen molar-refractivity contribution in [1.29, 1.82) is 0 Å². The molecular formula is C21H25ClN2O5S. The van der Waals surface area contributed by atoms with Crippen LogP contribution in [0.4, 0.5) is 0 Å². The van der Waals surface area contributed by atoms with Crippen LogP contribution >= 0.6 is 11.6 Å². The number of hydrogen-bond acceptors (Lipinski definition) is 5. The second kappa shape index (κ2) is 8.17. The molecule has 3 rings (SSSR count). The number of fused-ring (bicyclic) bond motifs is 1. The molecule has 1 N–H and O–H groups in total. The lowest BCUT2D eigenvalue weighted by Gasteiger charge is -2.27. The molecule has 0 aromatic heterocycles. The summed E-state index contributed by atoms with van der Waals surface area (Å²) in [5.74, 6) is -0.961. The molecule has 9 heteroatoms. The van der Waals surface area contributed by atoms with Crippen molar-refractivity contribution in [3.63, 3.8) is 0 Å². The largest absolute Gasteiger partial charge is 0.458 e. The molecule has 0 radical (unpaired) electrons. The number of nitrogens with one attached hydrogen (secondary N) is 1. The summed E-state index contributed by atoms with van der Waals surface area (Å²) >= 11 is 5.97. The van der Waals surface area contributed by atoms with Gasteiger partial charge in [0.2, 0.25) is 15.9 Å². The summed E-state index contributed by atoms with van der Waals surface area (Å²) in [5.41, 5.74) is -0.671. The van der Waals surface area contributed by atoms with Crippen molar-refractivity contribution in [3.05, 3.63) is 41.4 Å². The molecule has 1 saturated heterocycles. The zero-order chi connectivity index (χ0) is 22.3. The van der Waals surface area contributed by atoms with Crippen LogP contribution in [-0.2, 0) is 24.3 Å². The lowest BCUT2D eigenvalue weighted by atomic mass is 10.1. The Morgan fingerprint density at radius 2 is 1.83 bits per heavy atom. The minimum atomic E-state index is -3.92. The first-order chi connectivity index (χ1) is 13.9. The van der Waals surface area contributed by atoms with Crippen molar-refractivity contribution in [1.82, 2.24) is 9.62 Å². The number of ether oxygens (including phenoxy) is 1. The summed E-state index contributed by atoms with van der Waals surface area (Å²) < 4.78 is 33.5. The Morgan fingerprint density at radius 1 is 1.20 bits per heavy atom. The number of sulfonamides is 1. The molecule has 1 aliphatic heterocycles. The quantitative estimate of drug-likeness (QED) is 0.703. The maximum atomic E-state index is 12.8. The van der Waals surface area contributed by atoms with Gasteiger partial charge in [0.1, 0.15) is 17.7 Å². The van der Waals surface area contributed by atoms with Crippen LogP contribution in [0.2, 0.25) is 5.02 Å². The van der Waals surface area contributed by atoms with E-state index in [1.165, 1.54) is 17.0 Å². The average Bonchev–Trinajstić information content (AvgIpc) is 2.99. The summed E-state index contributed by atoms with van der Waals surface area (Å²) in [6, 6.07) is 8.12. The van der Waals surface area contributed by atoms with Crippen LogP contribution in [0.3, 0.4) is 0 Å². The van der Waals surface area contributed by atoms with E-state index >= 15 is 0 Å². The number of esters is 1. The van der Waals surface area contributed by atoms with E-state index in [1.807, 2.05) is 0 Å². The molecule has 7 nitrogen and oxygen atoms in total. The van der Waals surface area contributed by atoms with E-state index in [4.69, 9.17) is 16.3 Å². The first kappa shape index (κ1) is 22.5. The molecule has 0 unspecified atom stereocenters. The summed E-state index contributed by atoms with van der Waals surface area (Å²) in [6.07, 6.45) is 0.272. The Labute approximate surface area is 181 Å². The zero-order valence-corrected chi connectivity index (χ0v) is 18.9. The second-order valence-corrected chi connectivity index (χ2v) is 10.5. The van der Waals surface area contributed by atoms with Gasteiger partial charge in [-0.15, -0.1) is 0 Å². The fourth-order valence-corrected chi connectivity index (χ4v) is 4.77. The van der Waals surface area contributed by atoms with Gasteiger partial charge in [-0.1, -0.05) is 23.7 Å². The number of halogens is 1. The monoisotopic (exact) mass is 452 g/mol. The third-order valence-electron chi connectivity index (χ3n) is 4.84. The van der Waals surface area contributed by atoms with Crippen LogP contribution in [0, 0.1) is 0 Å². The Kier molecular flexibility index (Phi) is 6.13. The van der Waals surface area contributed by atoms with E-state index in [2.05, 4.69) is 4.72 Å². The number of rotatable bonds is 5. The second-order valence-electron chi connectivity index (χ2n) is 8.36. The topological polar surface area (TPSA) is 92.8 Å². The van der Waals surface area contributed by atoms with Gasteiger partial charge in [0.05, 0.1) is 4.90 Å². The molecule has 1 fully saturated rings. The fourth-order valence-electron chi connectivity index (χ4n) is 3.33. The molecule has 2 aromatic rings. The van der Waals surface area contributed by atoms with Crippen molar-refractivity contribution < 1.29 is 22.7 Å². The molecule has 162 valence electrons. The predicted octanol–water partition coefficient (Wildman–Crippen LogP) is 3.10. The summed E-state index contributed by atoms with van der Waals surface area (Å²) in [7, 11) is -3.92. The molecule has 0 aliphatic carbocycles. The van der Waals surface area contributed by atoms with Crippen LogP contribution < -0.4 is 4.72 Å². The van der Waals surface area contributed by atoms with E-state index in [0.717, 1.165) is 10.8 Å². The highest BCUT2D eigenvalue weighted by molar-refractivity contribution is 7.89. The van der Waals surface area contributed by atoms with Gasteiger partial charge >= 0.3 is 5.97 Å². The molecule has 30 heavy (non-hydrogen) atoms. The molecule has 0 saturated carbocycles. The number of benzene rings is 2. The van der Waals surface area contributed by atoms with E-state index in [1.54, 1.807) is 52.0 Å². The molecule has 2 aromatic carbocycles. The average molecular weight is 453 g/mol. The van der Waals surface area contributed by atoms with Gasteiger partial charge in [0.25, 0.3) is 0 Å². The molecule has 1 aliphatic rings. The third-order valence-corrected chi connectivity index (χ3v) is 6.54. The van der Waals surface area contributed by atoms with E-state index < -0.39 is 39.6 Å². The van der Waals surface area contributed by atoms with Gasteiger partial charge in [-0.05, 0) is 69.2 Å². The third kappa shape index (κ3) is 4.94. The highest BCUT2D eigenvalue weighted by Gasteiger charge is 2.40. The van der Waals surface area contributed by atoms with E-state index in [0.29, 0.717) is 5.02 Å². The fraction of sp³-hybridized carbons (Fsp3) is 0.429. The van der Waals surface area contributed by atoms with Crippen LogP contribution in [0.25, 0.3) is 10.8 Å². The van der Waals surface area contributed by atoms with Gasteiger partial charge in [-0.2, -0.15) is 4.72 Å². The highest BCUT2D eigenvalue weighted by Crippen LogP contribution is 2.24. The minimum absolute atomic E-state index is 0.0590. The first-order valence-corrected chi connectivity index (χ1v) is 11.5. The van der Waals surface area contributed by atoms with Gasteiger partial charge in [-0.25, -0.2) is 13.2 Å². The lowest BCUT2D eigenvalue weighted by molar-refractivity contribution is -0.163. The molecule has 0 bridgehead atoms. The van der Waals surface area contributed by atoms with Gasteiger partial charge in [0, 0.05) is 11.6 Å². The first-order valence-electron chi connectivity index (χ1n) is 9.62. The lowest BCUT2D eigenvalue weighted by Crippen LogP contribution is -2.47. The number of carbonyl (C=O) groups excluding carboxylic acids is 2. The van der Waals surface area contributed by atoms with Gasteiger partial charge in [0.15, 0.2) is 0 Å². The summed E-state index contributed by atoms with van der Waals surface area (Å²) in [4.78, 5) is 26.5. The van der Waals surface area contributed by atoms with Crippen molar-refractivity contribution >= 4 is 44.3 Å². The molecular weight excluding hydrogens is 428 g/mol. The predicted molar refractivity (Wildman–Crippen MR) is 115 cm³/mol. The summed E-state index contributed by atoms with van der Waals surface area (Å²) in [6.45, 7) is 7.09. The number of nitrogens with zero attached hydrogens (tertiary/aromatic N) is 1. The number of likely N-dealkylation sites (tertiary alicyclic amines) is 1. The van der Waals surface area contributed by atoms with Crippen LogP contribution in [0.1, 0.15) is 34.1 Å². The SMILES string of the molecule is C[C@H](C(=O)OC(C)(C)C)N1CC[C@@H](NS(=O)(=O)c2ccc3cc(Cl)ccc3c2)C1=O. The van der Waals surface area contributed by atoms with E-state index in [9.17, 15) is 18.0 Å². The molecule has 1 amide bonds. The maximum Gasteiger partial charge on any atom is 0.329 e. The molecule has 1 heterocycles. The number of amides is 1. The maximum absolute atomic E-state index is 12.8. The van der Waals surface area contributed by atoms with Crippen molar-refractivity contribution in [2.24, 2.45) is 0 Å². The zero-order valence-electron chi connectivity index (χ0n) is 17.3. The highest BCUT2D eigenvalue weighted by atomic mass is 35.5. The normalized spacial score (nSPS) is 18.6. The molecule has 0 spiro atoms. The van der Waals surface area contributed by atoms with E-state index in [-0.39, 0.29) is 17.9 Å². The minimum Gasteiger partial charge on any atom is -0.458 e.